The van der Waals surface area contributed by atoms with E-state index in [1.807, 2.05) is 42.5 Å². The summed E-state index contributed by atoms with van der Waals surface area (Å²) in [4.78, 5) is 19.8. The molecule has 3 aromatic rings. The average molecular weight is 347 g/mol. The van der Waals surface area contributed by atoms with Crippen molar-refractivity contribution in [2.24, 2.45) is 0 Å². The number of imidazole rings is 1. The maximum Gasteiger partial charge on any atom is 0.243 e. The minimum atomic E-state index is -0.0774. The van der Waals surface area contributed by atoms with Crippen LogP contribution in [0.5, 0.6) is 5.75 Å². The molecule has 2 N–H and O–H groups in total. The molecule has 132 valence electrons. The molecule has 1 aliphatic rings. The topological polar surface area (TPSA) is 67.0 Å². The number of nitrogens with one attached hydrogen (secondary N) is 2. The second-order valence-electron chi connectivity index (χ2n) is 6.39. The fourth-order valence-electron chi connectivity index (χ4n) is 3.13. The van der Waals surface area contributed by atoms with Crippen LogP contribution in [0, 0.1) is 0 Å². The minimum Gasteiger partial charge on any atom is -0.493 e. The summed E-state index contributed by atoms with van der Waals surface area (Å²) in [5.41, 5.74) is 4.26. The molecule has 0 spiro atoms. The number of hydrogen-bond donors (Lipinski definition) is 2. The van der Waals surface area contributed by atoms with Crippen LogP contribution in [0.25, 0.3) is 17.1 Å². The standard InChI is InChI=1S/C21H21N3O2/c25-21(10-8-15-7-9-19-16(14-15)11-13-26-19)22-12-3-6-20-23-17-4-1-2-5-18(17)24-20/h1-2,4-5,7-10,14H,3,6,11-13H2,(H,22,25)(H,23,24)/b10-8+. The molecule has 2 heterocycles. The van der Waals surface area contributed by atoms with E-state index >= 15 is 0 Å². The van der Waals surface area contributed by atoms with Crippen molar-refractivity contribution in [3.05, 3.63) is 65.5 Å². The predicted molar refractivity (Wildman–Crippen MR) is 102 cm³/mol. The highest BCUT2D eigenvalue weighted by atomic mass is 16.5. The number of ether oxygens (including phenoxy) is 1. The minimum absolute atomic E-state index is 0.0774. The van der Waals surface area contributed by atoms with Crippen LogP contribution in [-0.4, -0.2) is 29.0 Å². The van der Waals surface area contributed by atoms with Gasteiger partial charge in [0.25, 0.3) is 0 Å². The van der Waals surface area contributed by atoms with E-state index in [2.05, 4.69) is 21.4 Å². The van der Waals surface area contributed by atoms with Crippen LogP contribution in [0.2, 0.25) is 0 Å². The molecular weight excluding hydrogens is 326 g/mol. The summed E-state index contributed by atoms with van der Waals surface area (Å²) in [6, 6.07) is 14.0. The SMILES string of the molecule is O=C(/C=C/c1ccc2c(c1)CCO2)NCCCc1nc2ccccc2[nH]1. The first-order chi connectivity index (χ1) is 12.8. The third-order valence-corrected chi connectivity index (χ3v) is 4.47. The average Bonchev–Trinajstić information content (AvgIpc) is 3.29. The van der Waals surface area contributed by atoms with Gasteiger partial charge in [0.15, 0.2) is 0 Å². The Bertz CT molecular complexity index is 926. The van der Waals surface area contributed by atoms with E-state index < -0.39 is 0 Å². The lowest BCUT2D eigenvalue weighted by Crippen LogP contribution is -2.22. The normalized spacial score (nSPS) is 13.1. The molecule has 0 unspecified atom stereocenters. The molecule has 2 aromatic carbocycles. The van der Waals surface area contributed by atoms with Crippen molar-refractivity contribution in [2.75, 3.05) is 13.2 Å². The number of rotatable bonds is 6. The molecule has 1 aliphatic heterocycles. The number of aromatic nitrogens is 2. The predicted octanol–water partition coefficient (Wildman–Crippen LogP) is 3.26. The first kappa shape index (κ1) is 16.4. The maximum absolute atomic E-state index is 12.0. The lowest BCUT2D eigenvalue weighted by Gasteiger charge is -2.02. The Morgan fingerprint density at radius 1 is 1.27 bits per heavy atom. The van der Waals surface area contributed by atoms with E-state index in [1.54, 1.807) is 6.08 Å². The van der Waals surface area contributed by atoms with Crippen LogP contribution in [-0.2, 0) is 17.6 Å². The molecular formula is C21H21N3O2. The Kier molecular flexibility index (Phi) is 4.69. The Morgan fingerprint density at radius 2 is 2.19 bits per heavy atom. The van der Waals surface area contributed by atoms with Crippen LogP contribution in [0.1, 0.15) is 23.4 Å². The summed E-state index contributed by atoms with van der Waals surface area (Å²) in [6.45, 7) is 1.37. The molecule has 4 rings (SSSR count). The van der Waals surface area contributed by atoms with Gasteiger partial charge in [-0.3, -0.25) is 4.79 Å². The molecule has 0 saturated carbocycles. The molecule has 0 radical (unpaired) electrons. The van der Waals surface area contributed by atoms with Crippen molar-refractivity contribution in [1.82, 2.24) is 15.3 Å². The number of para-hydroxylation sites is 2. The highest BCUT2D eigenvalue weighted by Crippen LogP contribution is 2.26. The number of amides is 1. The van der Waals surface area contributed by atoms with E-state index in [4.69, 9.17) is 4.74 Å². The fourth-order valence-corrected chi connectivity index (χ4v) is 3.13. The van der Waals surface area contributed by atoms with E-state index in [0.29, 0.717) is 6.54 Å². The number of aryl methyl sites for hydroxylation is 1. The monoisotopic (exact) mass is 347 g/mol. The number of benzene rings is 2. The number of carbonyl (C=O) groups excluding carboxylic acids is 1. The summed E-state index contributed by atoms with van der Waals surface area (Å²) in [5.74, 6) is 1.83. The van der Waals surface area contributed by atoms with E-state index in [0.717, 1.165) is 54.0 Å². The van der Waals surface area contributed by atoms with Crippen molar-refractivity contribution in [3.8, 4) is 5.75 Å². The van der Waals surface area contributed by atoms with Crippen molar-refractivity contribution in [2.45, 2.75) is 19.3 Å². The molecule has 0 fully saturated rings. The Hall–Kier alpha value is -3.08. The van der Waals surface area contributed by atoms with Gasteiger partial charge in [0.1, 0.15) is 11.6 Å². The van der Waals surface area contributed by atoms with Gasteiger partial charge in [-0.25, -0.2) is 4.98 Å². The molecule has 5 nitrogen and oxygen atoms in total. The second kappa shape index (κ2) is 7.44. The zero-order valence-electron chi connectivity index (χ0n) is 14.5. The third kappa shape index (κ3) is 3.77. The number of H-pyrrole nitrogens is 1. The largest absolute Gasteiger partial charge is 0.493 e. The molecule has 26 heavy (non-hydrogen) atoms. The molecule has 1 aromatic heterocycles. The molecule has 5 heteroatoms. The number of hydrogen-bond acceptors (Lipinski definition) is 3. The molecule has 0 saturated heterocycles. The summed E-state index contributed by atoms with van der Waals surface area (Å²) >= 11 is 0. The summed E-state index contributed by atoms with van der Waals surface area (Å²) in [7, 11) is 0. The van der Waals surface area contributed by atoms with Crippen LogP contribution < -0.4 is 10.1 Å². The number of carbonyl (C=O) groups is 1. The van der Waals surface area contributed by atoms with Crippen molar-refractivity contribution < 1.29 is 9.53 Å². The Balaban J connectivity index is 1.23. The van der Waals surface area contributed by atoms with Gasteiger partial charge in [-0.1, -0.05) is 18.2 Å². The molecule has 0 bridgehead atoms. The van der Waals surface area contributed by atoms with Crippen LogP contribution in [0.3, 0.4) is 0 Å². The second-order valence-corrected chi connectivity index (χ2v) is 6.39. The molecule has 0 aliphatic carbocycles. The highest BCUT2D eigenvalue weighted by molar-refractivity contribution is 5.91. The van der Waals surface area contributed by atoms with E-state index in [9.17, 15) is 4.79 Å². The fraction of sp³-hybridized carbons (Fsp3) is 0.238. The molecule has 0 atom stereocenters. The van der Waals surface area contributed by atoms with Crippen LogP contribution >= 0.6 is 0 Å². The van der Waals surface area contributed by atoms with Gasteiger partial charge in [0.2, 0.25) is 5.91 Å². The van der Waals surface area contributed by atoms with E-state index in [1.165, 1.54) is 5.56 Å². The number of nitrogens with zero attached hydrogens (tertiary/aromatic N) is 1. The van der Waals surface area contributed by atoms with Gasteiger partial charge in [-0.15, -0.1) is 0 Å². The van der Waals surface area contributed by atoms with Crippen LogP contribution in [0.4, 0.5) is 0 Å². The number of fused-ring (bicyclic) bond motifs is 2. The van der Waals surface area contributed by atoms with Gasteiger partial charge in [-0.2, -0.15) is 0 Å². The van der Waals surface area contributed by atoms with E-state index in [-0.39, 0.29) is 5.91 Å². The third-order valence-electron chi connectivity index (χ3n) is 4.47. The highest BCUT2D eigenvalue weighted by Gasteiger charge is 2.11. The zero-order chi connectivity index (χ0) is 17.8. The van der Waals surface area contributed by atoms with Crippen molar-refractivity contribution in [3.63, 3.8) is 0 Å². The van der Waals surface area contributed by atoms with Crippen molar-refractivity contribution >= 4 is 23.0 Å². The zero-order valence-corrected chi connectivity index (χ0v) is 14.5. The first-order valence-corrected chi connectivity index (χ1v) is 8.93. The van der Waals surface area contributed by atoms with Gasteiger partial charge in [-0.05, 0) is 47.9 Å². The maximum atomic E-state index is 12.0. The lowest BCUT2D eigenvalue weighted by molar-refractivity contribution is -0.116. The summed E-state index contributed by atoms with van der Waals surface area (Å²) in [5, 5.41) is 2.92. The quantitative estimate of drug-likeness (QED) is 0.531. The van der Waals surface area contributed by atoms with Crippen LogP contribution in [0.15, 0.2) is 48.5 Å². The summed E-state index contributed by atoms with van der Waals surface area (Å²) in [6.07, 6.45) is 6.01. The van der Waals surface area contributed by atoms with Crippen molar-refractivity contribution in [1.29, 1.82) is 0 Å². The first-order valence-electron chi connectivity index (χ1n) is 8.93. The lowest BCUT2D eigenvalue weighted by atomic mass is 10.1. The van der Waals surface area contributed by atoms with Gasteiger partial charge >= 0.3 is 0 Å². The Labute approximate surface area is 152 Å². The van der Waals surface area contributed by atoms with Gasteiger partial charge in [0.05, 0.1) is 17.6 Å². The van der Waals surface area contributed by atoms with Gasteiger partial charge in [0, 0.05) is 25.5 Å². The smallest absolute Gasteiger partial charge is 0.243 e. The Morgan fingerprint density at radius 3 is 3.12 bits per heavy atom. The summed E-state index contributed by atoms with van der Waals surface area (Å²) < 4.78 is 5.49. The van der Waals surface area contributed by atoms with Gasteiger partial charge < -0.3 is 15.0 Å². The number of aromatic amines is 1. The molecule has 1 amide bonds.